The number of allylic oxidation sites excluding steroid dienone is 1. The molecule has 0 unspecified atom stereocenters. The van der Waals surface area contributed by atoms with Crippen LogP contribution in [0.2, 0.25) is 0 Å². The molecule has 168 valence electrons. The van der Waals surface area contributed by atoms with E-state index in [2.05, 4.69) is 12.2 Å². The number of halogens is 1. The lowest BCUT2D eigenvalue weighted by molar-refractivity contribution is -0.111. The molecule has 1 N–H and O–H groups in total. The molecule has 0 aliphatic carbocycles. The Bertz CT molecular complexity index is 1330. The van der Waals surface area contributed by atoms with Crippen LogP contribution in [0, 0.1) is 12.7 Å². The molecule has 0 atom stereocenters. The fraction of sp³-hybridized carbons (Fsp3) is 0.179. The number of ether oxygens (including phenoxy) is 1. The molecule has 33 heavy (non-hydrogen) atoms. The number of hydrogen-bond donors (Lipinski definition) is 1. The summed E-state index contributed by atoms with van der Waals surface area (Å²) in [5.41, 5.74) is 6.74. The number of benzene rings is 3. The highest BCUT2D eigenvalue weighted by molar-refractivity contribution is 6.06. The molecule has 0 fully saturated rings. The molecule has 4 rings (SSSR count). The molecule has 0 saturated carbocycles. The number of fused-ring (bicyclic) bond motifs is 1. The van der Waals surface area contributed by atoms with Gasteiger partial charge >= 0.3 is 0 Å². The van der Waals surface area contributed by atoms with E-state index in [0.717, 1.165) is 45.3 Å². The summed E-state index contributed by atoms with van der Waals surface area (Å²) < 4.78 is 24.9. The van der Waals surface area contributed by atoms with E-state index in [1.165, 1.54) is 17.7 Å². The Labute approximate surface area is 192 Å². The average Bonchev–Trinajstić information content (AvgIpc) is 3.24. The molecule has 1 amide bonds. The van der Waals surface area contributed by atoms with E-state index in [1.807, 2.05) is 44.2 Å². The quantitative estimate of drug-likeness (QED) is 0.322. The third-order valence-corrected chi connectivity index (χ3v) is 5.81. The predicted molar refractivity (Wildman–Crippen MR) is 131 cm³/mol. The van der Waals surface area contributed by atoms with Crippen LogP contribution >= 0.6 is 0 Å². The maximum Gasteiger partial charge on any atom is 0.248 e. The first kappa shape index (κ1) is 22.3. The van der Waals surface area contributed by atoms with Gasteiger partial charge in [0.1, 0.15) is 17.1 Å². The van der Waals surface area contributed by atoms with Gasteiger partial charge in [-0.1, -0.05) is 31.2 Å². The van der Waals surface area contributed by atoms with E-state index in [9.17, 15) is 9.18 Å². The van der Waals surface area contributed by atoms with E-state index in [-0.39, 0.29) is 11.7 Å². The van der Waals surface area contributed by atoms with Gasteiger partial charge in [-0.2, -0.15) is 0 Å². The second kappa shape index (κ2) is 9.33. The summed E-state index contributed by atoms with van der Waals surface area (Å²) >= 11 is 0. The number of aryl methyl sites for hydroxylation is 2. The largest absolute Gasteiger partial charge is 0.496 e. The molecule has 0 aliphatic heterocycles. The van der Waals surface area contributed by atoms with Crippen molar-refractivity contribution >= 4 is 28.1 Å². The molecule has 4 aromatic rings. The highest BCUT2D eigenvalue weighted by atomic mass is 19.1. The van der Waals surface area contributed by atoms with Crippen molar-refractivity contribution in [2.24, 2.45) is 0 Å². The van der Waals surface area contributed by atoms with Crippen molar-refractivity contribution in [3.8, 4) is 16.9 Å². The molecule has 0 aliphatic rings. The number of anilines is 1. The third kappa shape index (κ3) is 4.53. The van der Waals surface area contributed by atoms with Gasteiger partial charge < -0.3 is 14.5 Å². The maximum atomic E-state index is 13.4. The monoisotopic (exact) mass is 443 g/mol. The molecule has 4 nitrogen and oxygen atoms in total. The van der Waals surface area contributed by atoms with Crippen molar-refractivity contribution in [3.63, 3.8) is 0 Å². The zero-order chi connectivity index (χ0) is 23.5. The Morgan fingerprint density at radius 1 is 1.12 bits per heavy atom. The van der Waals surface area contributed by atoms with Crippen LogP contribution in [0.25, 0.3) is 27.7 Å². The molecule has 1 aromatic heterocycles. The first-order valence-corrected chi connectivity index (χ1v) is 10.8. The van der Waals surface area contributed by atoms with Crippen molar-refractivity contribution in [1.82, 2.24) is 0 Å². The maximum absolute atomic E-state index is 13.4. The van der Waals surface area contributed by atoms with Crippen LogP contribution in [0.1, 0.15) is 30.5 Å². The van der Waals surface area contributed by atoms with Crippen molar-refractivity contribution in [3.05, 3.63) is 89.4 Å². The van der Waals surface area contributed by atoms with Crippen molar-refractivity contribution < 1.29 is 18.3 Å². The van der Waals surface area contributed by atoms with Gasteiger partial charge in [-0.25, -0.2) is 4.39 Å². The van der Waals surface area contributed by atoms with Gasteiger partial charge in [-0.05, 0) is 67.3 Å². The lowest BCUT2D eigenvalue weighted by Crippen LogP contribution is -2.08. The summed E-state index contributed by atoms with van der Waals surface area (Å²) in [6, 6.07) is 16.1. The van der Waals surface area contributed by atoms with Crippen LogP contribution in [0.4, 0.5) is 10.1 Å². The van der Waals surface area contributed by atoms with Crippen molar-refractivity contribution in [2.75, 3.05) is 12.4 Å². The van der Waals surface area contributed by atoms with Crippen LogP contribution in [0.15, 0.2) is 71.4 Å². The van der Waals surface area contributed by atoms with Gasteiger partial charge in [0.2, 0.25) is 5.91 Å². The number of carbonyl (C=O) groups is 1. The molecule has 5 heteroatoms. The molecule has 3 aromatic carbocycles. The topological polar surface area (TPSA) is 51.5 Å². The van der Waals surface area contributed by atoms with Crippen molar-refractivity contribution in [1.29, 1.82) is 0 Å². The fourth-order valence-electron chi connectivity index (χ4n) is 4.00. The number of amides is 1. The summed E-state index contributed by atoms with van der Waals surface area (Å²) in [4.78, 5) is 12.7. The number of nitrogens with one attached hydrogen (secondary N) is 1. The van der Waals surface area contributed by atoms with Crippen LogP contribution in [-0.4, -0.2) is 13.0 Å². The molecular formula is C28H26FNO3. The zero-order valence-corrected chi connectivity index (χ0v) is 19.2. The summed E-state index contributed by atoms with van der Waals surface area (Å²) in [6.07, 6.45) is 4.18. The average molecular weight is 444 g/mol. The van der Waals surface area contributed by atoms with Crippen LogP contribution in [0.3, 0.4) is 0 Å². The number of rotatable bonds is 6. The third-order valence-electron chi connectivity index (χ3n) is 5.81. The first-order valence-electron chi connectivity index (χ1n) is 10.8. The van der Waals surface area contributed by atoms with Gasteiger partial charge in [0.25, 0.3) is 0 Å². The highest BCUT2D eigenvalue weighted by Crippen LogP contribution is 2.40. The zero-order valence-electron chi connectivity index (χ0n) is 19.2. The van der Waals surface area contributed by atoms with Crippen LogP contribution < -0.4 is 10.1 Å². The lowest BCUT2D eigenvalue weighted by atomic mass is 9.96. The van der Waals surface area contributed by atoms with Gasteiger partial charge in [0.15, 0.2) is 0 Å². The SMILES string of the molecule is CCc1ccc(NC(=O)/C=C(\C)c2cc3c(-c4ccc(F)cc4)coc3c(C)c2OC)cc1. The molecule has 0 saturated heterocycles. The van der Waals surface area contributed by atoms with E-state index < -0.39 is 0 Å². The fourth-order valence-corrected chi connectivity index (χ4v) is 4.00. The minimum atomic E-state index is -0.292. The molecule has 0 bridgehead atoms. The Balaban J connectivity index is 1.72. The van der Waals surface area contributed by atoms with Crippen LogP contribution in [0.5, 0.6) is 5.75 Å². The molecular weight excluding hydrogens is 417 g/mol. The summed E-state index contributed by atoms with van der Waals surface area (Å²) in [5, 5.41) is 3.78. The second-order valence-corrected chi connectivity index (χ2v) is 7.98. The Morgan fingerprint density at radius 2 is 1.82 bits per heavy atom. The van der Waals surface area contributed by atoms with E-state index in [0.29, 0.717) is 11.3 Å². The number of carbonyl (C=O) groups excluding carboxylic acids is 1. The summed E-state index contributed by atoms with van der Waals surface area (Å²) in [7, 11) is 1.60. The predicted octanol–water partition coefficient (Wildman–Crippen LogP) is 7.16. The minimum Gasteiger partial charge on any atom is -0.496 e. The normalized spacial score (nSPS) is 11.6. The summed E-state index contributed by atoms with van der Waals surface area (Å²) in [5.74, 6) is 0.137. The second-order valence-electron chi connectivity index (χ2n) is 7.98. The first-order chi connectivity index (χ1) is 15.9. The van der Waals surface area contributed by atoms with Gasteiger partial charge in [0, 0.05) is 33.8 Å². The van der Waals surface area contributed by atoms with Crippen LogP contribution in [-0.2, 0) is 11.2 Å². The number of hydrogen-bond acceptors (Lipinski definition) is 3. The molecule has 0 radical (unpaired) electrons. The van der Waals surface area contributed by atoms with E-state index >= 15 is 0 Å². The van der Waals surface area contributed by atoms with E-state index in [1.54, 1.807) is 31.6 Å². The smallest absolute Gasteiger partial charge is 0.248 e. The standard InChI is InChI=1S/C28H26FNO3/c1-5-19-6-12-22(13-7-19)30-26(31)14-17(2)23-15-24-25(20-8-10-21(29)11-9-20)16-33-28(24)18(3)27(23)32-4/h6-16H,5H2,1-4H3,(H,30,31)/b17-14+. The number of methoxy groups -OCH3 is 1. The number of furan rings is 1. The Kier molecular flexibility index (Phi) is 6.31. The molecule has 1 heterocycles. The van der Waals surface area contributed by atoms with E-state index in [4.69, 9.17) is 9.15 Å². The van der Waals surface area contributed by atoms with Crippen molar-refractivity contribution in [2.45, 2.75) is 27.2 Å². The van der Waals surface area contributed by atoms with Gasteiger partial charge in [-0.3, -0.25) is 4.79 Å². The Morgan fingerprint density at radius 3 is 2.45 bits per heavy atom. The molecule has 0 spiro atoms. The van der Waals surface area contributed by atoms with Gasteiger partial charge in [-0.15, -0.1) is 0 Å². The van der Waals surface area contributed by atoms with Gasteiger partial charge in [0.05, 0.1) is 13.4 Å². The lowest BCUT2D eigenvalue weighted by Gasteiger charge is -2.13. The highest BCUT2D eigenvalue weighted by Gasteiger charge is 2.19. The Hall–Kier alpha value is -3.86. The summed E-state index contributed by atoms with van der Waals surface area (Å²) in [6.45, 7) is 5.89. The minimum absolute atomic E-state index is 0.220.